The van der Waals surface area contributed by atoms with Crippen LogP contribution in [0.1, 0.15) is 39.8 Å². The van der Waals surface area contributed by atoms with E-state index in [1.807, 2.05) is 24.3 Å². The Kier molecular flexibility index (Phi) is 3.72. The number of hydrogen-bond donors (Lipinski definition) is 1. The third-order valence-electron chi connectivity index (χ3n) is 6.74. The third kappa shape index (κ3) is 2.46. The summed E-state index contributed by atoms with van der Waals surface area (Å²) in [6.45, 7) is 1.38. The number of aromatic nitrogens is 1. The zero-order valence-corrected chi connectivity index (χ0v) is 16.7. The molecule has 0 spiro atoms. The van der Waals surface area contributed by atoms with E-state index in [0.29, 0.717) is 5.76 Å². The number of imide groups is 1. The van der Waals surface area contributed by atoms with Crippen molar-refractivity contribution in [3.05, 3.63) is 82.6 Å². The molecule has 4 aliphatic rings. The van der Waals surface area contributed by atoms with Crippen LogP contribution in [0.3, 0.4) is 0 Å². The molecule has 7 nitrogen and oxygen atoms in total. The zero-order valence-electron chi connectivity index (χ0n) is 16.7. The summed E-state index contributed by atoms with van der Waals surface area (Å²) in [7, 11) is 0. The Hall–Kier alpha value is -3.74. The third-order valence-corrected chi connectivity index (χ3v) is 6.74. The number of rotatable bonds is 3. The van der Waals surface area contributed by atoms with E-state index in [-0.39, 0.29) is 36.0 Å². The lowest BCUT2D eigenvalue weighted by Crippen LogP contribution is -2.41. The van der Waals surface area contributed by atoms with E-state index in [0.717, 1.165) is 27.2 Å². The molecule has 0 unspecified atom stereocenters. The van der Waals surface area contributed by atoms with Crippen molar-refractivity contribution in [3.8, 4) is 0 Å². The molecule has 1 fully saturated rings. The second-order valence-corrected chi connectivity index (χ2v) is 8.40. The molecule has 2 heterocycles. The number of aryl methyl sites for hydroxylation is 1. The molecule has 3 aliphatic carbocycles. The monoisotopic (exact) mass is 413 g/mol. The minimum atomic E-state index is -0.482. The number of carbonyl (C=O) groups is 3. The summed E-state index contributed by atoms with van der Waals surface area (Å²) in [5, 5.41) is 6.33. The van der Waals surface area contributed by atoms with E-state index in [2.05, 4.69) is 34.7 Å². The number of benzene rings is 2. The molecule has 2 atom stereocenters. The van der Waals surface area contributed by atoms with Crippen LogP contribution in [0.15, 0.2) is 59.1 Å². The Morgan fingerprint density at radius 1 is 0.935 bits per heavy atom. The molecular weight excluding hydrogens is 394 g/mol. The summed E-state index contributed by atoms with van der Waals surface area (Å²) in [6.07, 6.45) is 0. The van der Waals surface area contributed by atoms with Gasteiger partial charge in [0.2, 0.25) is 17.7 Å². The Bertz CT molecular complexity index is 1150. The number of likely N-dealkylation sites (tertiary alicyclic amines) is 1. The van der Waals surface area contributed by atoms with Crippen LogP contribution in [0.2, 0.25) is 0 Å². The van der Waals surface area contributed by atoms with E-state index >= 15 is 0 Å². The molecular formula is C24H19N3O4. The number of carbonyl (C=O) groups excluding carboxylic acids is 3. The van der Waals surface area contributed by atoms with Crippen LogP contribution >= 0.6 is 0 Å². The van der Waals surface area contributed by atoms with Crippen molar-refractivity contribution in [2.45, 2.75) is 18.8 Å². The van der Waals surface area contributed by atoms with Gasteiger partial charge in [0.1, 0.15) is 12.3 Å². The molecule has 7 rings (SSSR count). The van der Waals surface area contributed by atoms with Gasteiger partial charge in [0.25, 0.3) is 0 Å². The highest BCUT2D eigenvalue weighted by molar-refractivity contribution is 6.10. The van der Waals surface area contributed by atoms with Crippen LogP contribution in [0.25, 0.3) is 0 Å². The van der Waals surface area contributed by atoms with Crippen LogP contribution in [0.5, 0.6) is 0 Å². The van der Waals surface area contributed by atoms with Gasteiger partial charge < -0.3 is 9.84 Å². The lowest BCUT2D eigenvalue weighted by Gasteiger charge is -2.45. The fourth-order valence-electron chi connectivity index (χ4n) is 5.65. The Balaban J connectivity index is 1.37. The lowest BCUT2D eigenvalue weighted by atomic mass is 9.55. The van der Waals surface area contributed by atoms with E-state index in [1.165, 1.54) is 0 Å². The van der Waals surface area contributed by atoms with Crippen molar-refractivity contribution in [3.63, 3.8) is 0 Å². The van der Waals surface area contributed by atoms with E-state index < -0.39 is 17.7 Å². The highest BCUT2D eigenvalue weighted by Gasteiger charge is 2.61. The van der Waals surface area contributed by atoms with E-state index in [1.54, 1.807) is 13.0 Å². The van der Waals surface area contributed by atoms with Gasteiger partial charge in [-0.05, 0) is 29.2 Å². The predicted molar refractivity (Wildman–Crippen MR) is 110 cm³/mol. The maximum Gasteiger partial charge on any atom is 0.245 e. The van der Waals surface area contributed by atoms with Gasteiger partial charge in [-0.15, -0.1) is 0 Å². The topological polar surface area (TPSA) is 92.5 Å². The maximum atomic E-state index is 13.4. The van der Waals surface area contributed by atoms with Crippen LogP contribution < -0.4 is 5.32 Å². The molecule has 154 valence electrons. The van der Waals surface area contributed by atoms with Gasteiger partial charge in [-0.25, -0.2) is 0 Å². The molecule has 0 saturated carbocycles. The highest BCUT2D eigenvalue weighted by atomic mass is 16.5. The second-order valence-electron chi connectivity index (χ2n) is 8.40. The molecule has 7 heteroatoms. The number of hydrogen-bond acceptors (Lipinski definition) is 5. The van der Waals surface area contributed by atoms with Crippen LogP contribution in [0.4, 0.5) is 5.82 Å². The van der Waals surface area contributed by atoms with Crippen molar-refractivity contribution in [2.75, 3.05) is 11.9 Å². The van der Waals surface area contributed by atoms with Crippen LogP contribution in [-0.4, -0.2) is 34.3 Å². The van der Waals surface area contributed by atoms with Crippen LogP contribution in [0, 0.1) is 18.8 Å². The van der Waals surface area contributed by atoms with Gasteiger partial charge in [0, 0.05) is 17.9 Å². The van der Waals surface area contributed by atoms with Crippen molar-refractivity contribution in [1.82, 2.24) is 10.1 Å². The lowest BCUT2D eigenvalue weighted by molar-refractivity contribution is -0.142. The zero-order chi connectivity index (χ0) is 21.3. The van der Waals surface area contributed by atoms with Gasteiger partial charge in [-0.2, -0.15) is 0 Å². The normalized spacial score (nSPS) is 25.3. The van der Waals surface area contributed by atoms with E-state index in [9.17, 15) is 14.4 Å². The number of nitrogens with zero attached hydrogens (tertiary/aromatic N) is 2. The molecule has 0 radical (unpaired) electrons. The molecule has 3 aromatic rings. The number of nitrogens with one attached hydrogen (secondary N) is 1. The molecule has 1 saturated heterocycles. The molecule has 1 aliphatic heterocycles. The fourth-order valence-corrected chi connectivity index (χ4v) is 5.65. The first-order chi connectivity index (χ1) is 15.0. The number of anilines is 1. The Morgan fingerprint density at radius 3 is 1.84 bits per heavy atom. The average Bonchev–Trinajstić information content (AvgIpc) is 3.30. The molecule has 1 N–H and O–H groups in total. The summed E-state index contributed by atoms with van der Waals surface area (Å²) in [5.74, 6) is -1.53. The highest BCUT2D eigenvalue weighted by Crippen LogP contribution is 2.60. The minimum Gasteiger partial charge on any atom is -0.360 e. The maximum absolute atomic E-state index is 13.4. The first kappa shape index (κ1) is 18.1. The SMILES string of the molecule is Cc1cc(NC(=O)CN2C(=O)[C@@H]3C4c5ccccc5C(c5ccccc54)[C@H]3C2=O)no1. The van der Waals surface area contributed by atoms with Crippen molar-refractivity contribution >= 4 is 23.5 Å². The van der Waals surface area contributed by atoms with Crippen molar-refractivity contribution in [2.24, 2.45) is 11.8 Å². The average molecular weight is 413 g/mol. The summed E-state index contributed by atoms with van der Waals surface area (Å²) in [4.78, 5) is 40.6. The Morgan fingerprint density at radius 2 is 1.42 bits per heavy atom. The molecule has 31 heavy (non-hydrogen) atoms. The number of amides is 3. The standard InChI is InChI=1S/C24H19N3O4/c1-12-10-17(26-31-12)25-18(28)11-27-23(29)21-19-13-6-2-3-7-14(13)20(22(21)24(27)30)16-9-5-4-8-15(16)19/h2-10,19-22H,11H2,1H3,(H,25,26,28)/t19?,20?,21-,22-/m1/s1. The quantitative estimate of drug-likeness (QED) is 0.667. The largest absolute Gasteiger partial charge is 0.360 e. The first-order valence-electron chi connectivity index (χ1n) is 10.3. The van der Waals surface area contributed by atoms with Crippen molar-refractivity contribution < 1.29 is 18.9 Å². The summed E-state index contributed by atoms with van der Waals surface area (Å²) < 4.78 is 4.95. The molecule has 1 aromatic heterocycles. The fraction of sp³-hybridized carbons (Fsp3) is 0.250. The van der Waals surface area contributed by atoms with Gasteiger partial charge in [-0.1, -0.05) is 53.7 Å². The van der Waals surface area contributed by atoms with Gasteiger partial charge in [0.15, 0.2) is 5.82 Å². The summed E-state index contributed by atoms with van der Waals surface area (Å²) in [6, 6.07) is 17.7. The molecule has 3 amide bonds. The Labute approximate surface area is 178 Å². The second kappa shape index (κ2) is 6.38. The van der Waals surface area contributed by atoms with Crippen molar-refractivity contribution in [1.29, 1.82) is 0 Å². The van der Waals surface area contributed by atoms with Gasteiger partial charge >= 0.3 is 0 Å². The summed E-state index contributed by atoms with van der Waals surface area (Å²) >= 11 is 0. The van der Waals surface area contributed by atoms with Gasteiger partial charge in [-0.3, -0.25) is 19.3 Å². The predicted octanol–water partition coefficient (Wildman–Crippen LogP) is 2.81. The summed E-state index contributed by atoms with van der Waals surface area (Å²) in [5.41, 5.74) is 4.44. The van der Waals surface area contributed by atoms with E-state index in [4.69, 9.17) is 4.52 Å². The molecule has 2 aromatic carbocycles. The smallest absolute Gasteiger partial charge is 0.245 e. The molecule has 2 bridgehead atoms. The van der Waals surface area contributed by atoms with Crippen LogP contribution in [-0.2, 0) is 14.4 Å². The van der Waals surface area contributed by atoms with Gasteiger partial charge in [0.05, 0.1) is 11.8 Å². The first-order valence-corrected chi connectivity index (χ1v) is 10.3. The minimum absolute atomic E-state index is 0.176.